The van der Waals surface area contributed by atoms with Gasteiger partial charge < -0.3 is 14.8 Å². The van der Waals surface area contributed by atoms with Crippen LogP contribution in [0.25, 0.3) is 0 Å². The van der Waals surface area contributed by atoms with Crippen molar-refractivity contribution < 1.29 is 9.59 Å². The molecule has 2 aliphatic heterocycles. The van der Waals surface area contributed by atoms with Crippen molar-refractivity contribution in [3.8, 4) is 0 Å². The molecule has 0 aromatic carbocycles. The SMILES string of the molecule is CCn1nccc1C(=O)N1CCc2nc([C@H]3CCCN3C(=O)C(C)(C)C)[nH]c(=O)c2C1. The van der Waals surface area contributed by atoms with Crippen LogP contribution >= 0.6 is 0 Å². The molecule has 31 heavy (non-hydrogen) atoms. The number of hydrogen-bond donors (Lipinski definition) is 1. The van der Waals surface area contributed by atoms with Crippen molar-refractivity contribution in [3.63, 3.8) is 0 Å². The van der Waals surface area contributed by atoms with Crippen LogP contribution < -0.4 is 5.56 Å². The molecule has 4 heterocycles. The third-order valence-electron chi connectivity index (χ3n) is 6.08. The lowest BCUT2D eigenvalue weighted by Gasteiger charge is -2.31. The summed E-state index contributed by atoms with van der Waals surface area (Å²) in [5.41, 5.74) is 1.06. The number of aromatic amines is 1. The van der Waals surface area contributed by atoms with Gasteiger partial charge in [0, 0.05) is 37.7 Å². The van der Waals surface area contributed by atoms with Crippen LogP contribution in [0.4, 0.5) is 0 Å². The van der Waals surface area contributed by atoms with Gasteiger partial charge in [0.2, 0.25) is 5.91 Å². The highest BCUT2D eigenvalue weighted by Gasteiger charge is 2.37. The van der Waals surface area contributed by atoms with Crippen molar-refractivity contribution in [3.05, 3.63) is 45.4 Å². The smallest absolute Gasteiger partial charge is 0.272 e. The molecule has 0 saturated carbocycles. The van der Waals surface area contributed by atoms with Crippen LogP contribution in [0.2, 0.25) is 0 Å². The molecule has 9 nitrogen and oxygen atoms in total. The predicted octanol–water partition coefficient (Wildman–Crippen LogP) is 1.89. The molecule has 1 saturated heterocycles. The molecule has 0 spiro atoms. The molecule has 9 heteroatoms. The van der Waals surface area contributed by atoms with Gasteiger partial charge in [0.1, 0.15) is 11.5 Å². The molecule has 2 aromatic rings. The van der Waals surface area contributed by atoms with Crippen LogP contribution in [0.1, 0.15) is 74.1 Å². The van der Waals surface area contributed by atoms with Gasteiger partial charge in [0.15, 0.2) is 0 Å². The summed E-state index contributed by atoms with van der Waals surface area (Å²) in [6.45, 7) is 9.65. The zero-order valence-corrected chi connectivity index (χ0v) is 18.6. The number of nitrogens with zero attached hydrogens (tertiary/aromatic N) is 5. The standard InChI is InChI=1S/C22H30N6O3/c1-5-28-17(8-10-23-28)20(30)26-12-9-15-14(13-26)19(29)25-18(24-15)16-7-6-11-27(16)21(31)22(2,3)4/h8,10,16H,5-7,9,11-13H2,1-4H3,(H,24,25,29)/t16-/m1/s1. The number of amides is 2. The van der Waals surface area contributed by atoms with E-state index in [4.69, 9.17) is 4.98 Å². The number of likely N-dealkylation sites (tertiary alicyclic amines) is 1. The Bertz CT molecular complexity index is 1060. The number of fused-ring (bicyclic) bond motifs is 1. The predicted molar refractivity (Wildman–Crippen MR) is 114 cm³/mol. The van der Waals surface area contributed by atoms with Gasteiger partial charge >= 0.3 is 0 Å². The zero-order chi connectivity index (χ0) is 22.3. The van der Waals surface area contributed by atoms with Crippen molar-refractivity contribution >= 4 is 11.8 Å². The van der Waals surface area contributed by atoms with Gasteiger partial charge in [-0.05, 0) is 25.8 Å². The second kappa shape index (κ2) is 7.94. The third-order valence-corrected chi connectivity index (χ3v) is 6.08. The van der Waals surface area contributed by atoms with Crippen LogP contribution in [0.15, 0.2) is 17.1 Å². The summed E-state index contributed by atoms with van der Waals surface area (Å²) in [5, 5.41) is 4.16. The number of rotatable bonds is 3. The molecule has 0 unspecified atom stereocenters. The first kappa shape index (κ1) is 21.3. The summed E-state index contributed by atoms with van der Waals surface area (Å²) in [5.74, 6) is 0.494. The maximum absolute atomic E-state index is 12.9. The summed E-state index contributed by atoms with van der Waals surface area (Å²) in [6, 6.07) is 1.50. The number of carbonyl (C=O) groups is 2. The molecule has 1 atom stereocenters. The monoisotopic (exact) mass is 426 g/mol. The Morgan fingerprint density at radius 2 is 2.03 bits per heavy atom. The second-order valence-electron chi connectivity index (χ2n) is 9.29. The van der Waals surface area contributed by atoms with E-state index in [9.17, 15) is 14.4 Å². The Balaban J connectivity index is 1.58. The Morgan fingerprint density at radius 3 is 2.74 bits per heavy atom. The van der Waals surface area contributed by atoms with Crippen LogP contribution in [-0.4, -0.2) is 54.5 Å². The van der Waals surface area contributed by atoms with E-state index in [1.807, 2.05) is 32.6 Å². The van der Waals surface area contributed by atoms with E-state index in [2.05, 4.69) is 10.1 Å². The molecule has 4 rings (SSSR count). The van der Waals surface area contributed by atoms with E-state index in [1.165, 1.54) is 0 Å². The van der Waals surface area contributed by atoms with Crippen molar-refractivity contribution in [1.29, 1.82) is 0 Å². The van der Waals surface area contributed by atoms with Gasteiger partial charge in [-0.15, -0.1) is 0 Å². The lowest BCUT2D eigenvalue weighted by Crippen LogP contribution is -2.42. The molecule has 2 amide bonds. The quantitative estimate of drug-likeness (QED) is 0.807. The summed E-state index contributed by atoms with van der Waals surface area (Å²) in [7, 11) is 0. The number of aryl methyl sites for hydroxylation is 1. The van der Waals surface area contributed by atoms with Crippen molar-refractivity contribution in [2.45, 2.75) is 66.1 Å². The molecule has 2 aliphatic rings. The van der Waals surface area contributed by atoms with E-state index in [-0.39, 0.29) is 30.0 Å². The van der Waals surface area contributed by atoms with Crippen LogP contribution in [0.5, 0.6) is 0 Å². The van der Waals surface area contributed by atoms with E-state index < -0.39 is 5.41 Å². The normalized spacial score (nSPS) is 18.9. The number of hydrogen-bond acceptors (Lipinski definition) is 5. The first-order chi connectivity index (χ1) is 14.7. The lowest BCUT2D eigenvalue weighted by atomic mass is 9.94. The van der Waals surface area contributed by atoms with Gasteiger partial charge in [0.05, 0.1) is 23.8 Å². The fraction of sp³-hybridized carbons (Fsp3) is 0.591. The summed E-state index contributed by atoms with van der Waals surface area (Å²) >= 11 is 0. The van der Waals surface area contributed by atoms with E-state index in [1.54, 1.807) is 21.8 Å². The van der Waals surface area contributed by atoms with Gasteiger partial charge in [-0.1, -0.05) is 20.8 Å². The van der Waals surface area contributed by atoms with E-state index in [0.717, 1.165) is 18.5 Å². The van der Waals surface area contributed by atoms with Gasteiger partial charge in [-0.2, -0.15) is 5.10 Å². The van der Waals surface area contributed by atoms with Crippen LogP contribution in [-0.2, 0) is 24.3 Å². The maximum atomic E-state index is 12.9. The average Bonchev–Trinajstić information content (AvgIpc) is 3.41. The molecule has 1 N–H and O–H groups in total. The highest BCUT2D eigenvalue weighted by Crippen LogP contribution is 2.34. The average molecular weight is 427 g/mol. The minimum absolute atomic E-state index is 0.0691. The van der Waals surface area contributed by atoms with Crippen molar-refractivity contribution in [1.82, 2.24) is 29.5 Å². The third kappa shape index (κ3) is 3.88. The molecule has 1 fully saturated rings. The van der Waals surface area contributed by atoms with Gasteiger partial charge in [-0.25, -0.2) is 4.98 Å². The Labute approximate surface area is 181 Å². The largest absolute Gasteiger partial charge is 0.332 e. The van der Waals surface area contributed by atoms with Crippen molar-refractivity contribution in [2.24, 2.45) is 5.41 Å². The highest BCUT2D eigenvalue weighted by atomic mass is 16.2. The molecular weight excluding hydrogens is 396 g/mol. The van der Waals surface area contributed by atoms with Crippen LogP contribution in [0.3, 0.4) is 0 Å². The van der Waals surface area contributed by atoms with Gasteiger partial charge in [0.25, 0.3) is 11.5 Å². The number of nitrogens with one attached hydrogen (secondary N) is 1. The molecular formula is C22H30N6O3. The second-order valence-corrected chi connectivity index (χ2v) is 9.29. The molecule has 166 valence electrons. The fourth-order valence-electron chi connectivity index (χ4n) is 4.43. The zero-order valence-electron chi connectivity index (χ0n) is 18.6. The van der Waals surface area contributed by atoms with Crippen LogP contribution in [0, 0.1) is 5.41 Å². The summed E-state index contributed by atoms with van der Waals surface area (Å²) < 4.78 is 1.66. The number of carbonyl (C=O) groups excluding carboxylic acids is 2. The Morgan fingerprint density at radius 1 is 1.26 bits per heavy atom. The molecule has 2 aromatic heterocycles. The lowest BCUT2D eigenvalue weighted by molar-refractivity contribution is -0.140. The van der Waals surface area contributed by atoms with E-state index >= 15 is 0 Å². The summed E-state index contributed by atoms with van der Waals surface area (Å²) in [6.07, 6.45) is 3.80. The first-order valence-electron chi connectivity index (χ1n) is 10.9. The van der Waals surface area contributed by atoms with Gasteiger partial charge in [-0.3, -0.25) is 19.1 Å². The number of aromatic nitrogens is 4. The molecule has 0 aliphatic carbocycles. The van der Waals surface area contributed by atoms with Crippen molar-refractivity contribution in [2.75, 3.05) is 13.1 Å². The highest BCUT2D eigenvalue weighted by molar-refractivity contribution is 5.92. The topological polar surface area (TPSA) is 104 Å². The maximum Gasteiger partial charge on any atom is 0.272 e. The summed E-state index contributed by atoms with van der Waals surface area (Å²) in [4.78, 5) is 49.9. The molecule has 0 radical (unpaired) electrons. The van der Waals surface area contributed by atoms with E-state index in [0.29, 0.717) is 43.1 Å². The minimum atomic E-state index is -0.483. The Hall–Kier alpha value is -2.97. The number of H-pyrrole nitrogens is 1. The molecule has 0 bridgehead atoms. The fourth-order valence-corrected chi connectivity index (χ4v) is 4.43. The Kier molecular flexibility index (Phi) is 5.45. The first-order valence-corrected chi connectivity index (χ1v) is 10.9. The minimum Gasteiger partial charge on any atom is -0.332 e.